The van der Waals surface area contributed by atoms with Gasteiger partial charge in [-0.15, -0.1) is 0 Å². The number of hydrogen-bond acceptors (Lipinski definition) is 2. The van der Waals surface area contributed by atoms with Crippen LogP contribution < -0.4 is 0 Å². The van der Waals surface area contributed by atoms with Gasteiger partial charge in [0, 0.05) is 24.7 Å². The van der Waals surface area contributed by atoms with Crippen molar-refractivity contribution in [2.24, 2.45) is 5.92 Å². The predicted molar refractivity (Wildman–Crippen MR) is 59.3 cm³/mol. The van der Waals surface area contributed by atoms with Crippen molar-refractivity contribution in [1.29, 1.82) is 0 Å². The Kier molecular flexibility index (Phi) is 3.56. The highest BCUT2D eigenvalue weighted by Crippen LogP contribution is 2.26. The quantitative estimate of drug-likeness (QED) is 0.745. The van der Waals surface area contributed by atoms with Gasteiger partial charge in [0.25, 0.3) is 0 Å². The molecular weight excluding hydrogens is 231 g/mol. The number of ketones is 1. The van der Waals surface area contributed by atoms with E-state index in [4.69, 9.17) is 16.3 Å². The zero-order valence-electron chi connectivity index (χ0n) is 8.71. The molecule has 86 valence electrons. The van der Waals surface area contributed by atoms with Gasteiger partial charge >= 0.3 is 0 Å². The summed E-state index contributed by atoms with van der Waals surface area (Å²) in [7, 11) is 0. The molecule has 0 aliphatic carbocycles. The third-order valence-corrected chi connectivity index (χ3v) is 3.19. The Morgan fingerprint density at radius 2 is 2.06 bits per heavy atom. The topological polar surface area (TPSA) is 26.3 Å². The van der Waals surface area contributed by atoms with Crippen LogP contribution in [-0.4, -0.2) is 19.0 Å². The van der Waals surface area contributed by atoms with Gasteiger partial charge in [0.1, 0.15) is 5.82 Å². The van der Waals surface area contributed by atoms with Gasteiger partial charge in [-0.2, -0.15) is 0 Å². The minimum absolute atomic E-state index is 0.0704. The van der Waals surface area contributed by atoms with E-state index in [1.54, 1.807) is 6.07 Å². The van der Waals surface area contributed by atoms with Crippen LogP contribution >= 0.6 is 11.6 Å². The van der Waals surface area contributed by atoms with Crippen molar-refractivity contribution in [1.82, 2.24) is 0 Å². The van der Waals surface area contributed by atoms with Gasteiger partial charge in [-0.1, -0.05) is 17.7 Å². The molecule has 0 N–H and O–H groups in total. The summed E-state index contributed by atoms with van der Waals surface area (Å²) in [4.78, 5) is 12.1. The minimum atomic E-state index is -0.542. The molecule has 0 bridgehead atoms. The second-order valence-electron chi connectivity index (χ2n) is 3.85. The molecule has 1 fully saturated rings. The van der Waals surface area contributed by atoms with Crippen molar-refractivity contribution in [3.8, 4) is 0 Å². The van der Waals surface area contributed by atoms with E-state index in [1.165, 1.54) is 12.1 Å². The maximum atomic E-state index is 13.2. The van der Waals surface area contributed by atoms with Crippen LogP contribution in [0.2, 0.25) is 5.02 Å². The average Bonchev–Trinajstić information content (AvgIpc) is 2.33. The third kappa shape index (κ3) is 2.25. The number of hydrogen-bond donors (Lipinski definition) is 0. The summed E-state index contributed by atoms with van der Waals surface area (Å²) in [5.41, 5.74) is 0.286. The predicted octanol–water partition coefficient (Wildman–Crippen LogP) is 3.09. The number of benzene rings is 1. The SMILES string of the molecule is O=C(c1cccc(F)c1Cl)C1CCOCC1. The minimum Gasteiger partial charge on any atom is -0.381 e. The van der Waals surface area contributed by atoms with Gasteiger partial charge in [0.15, 0.2) is 5.78 Å². The highest BCUT2D eigenvalue weighted by molar-refractivity contribution is 6.34. The van der Waals surface area contributed by atoms with E-state index in [1.807, 2.05) is 0 Å². The summed E-state index contributed by atoms with van der Waals surface area (Å²) >= 11 is 5.78. The van der Waals surface area contributed by atoms with Crippen LogP contribution in [0.4, 0.5) is 4.39 Å². The summed E-state index contributed by atoms with van der Waals surface area (Å²) < 4.78 is 18.4. The molecule has 0 spiro atoms. The van der Waals surface area contributed by atoms with E-state index >= 15 is 0 Å². The zero-order valence-corrected chi connectivity index (χ0v) is 9.47. The number of Topliss-reactive ketones (excluding diaryl/α,β-unsaturated/α-hetero) is 1. The van der Waals surface area contributed by atoms with Crippen LogP contribution in [0, 0.1) is 11.7 Å². The summed E-state index contributed by atoms with van der Waals surface area (Å²) in [6, 6.07) is 4.33. The molecule has 1 heterocycles. The van der Waals surface area contributed by atoms with Crippen LogP contribution in [0.3, 0.4) is 0 Å². The molecule has 0 atom stereocenters. The Hall–Kier alpha value is -0.930. The first kappa shape index (κ1) is 11.6. The first-order chi connectivity index (χ1) is 7.70. The lowest BCUT2D eigenvalue weighted by atomic mass is 9.91. The Labute approximate surface area is 98.4 Å². The second kappa shape index (κ2) is 4.93. The van der Waals surface area contributed by atoms with Gasteiger partial charge in [-0.3, -0.25) is 4.79 Å². The van der Waals surface area contributed by atoms with Gasteiger partial charge < -0.3 is 4.74 Å². The van der Waals surface area contributed by atoms with E-state index in [2.05, 4.69) is 0 Å². The third-order valence-electron chi connectivity index (χ3n) is 2.81. The van der Waals surface area contributed by atoms with Crippen LogP contribution in [0.25, 0.3) is 0 Å². The van der Waals surface area contributed by atoms with Crippen molar-refractivity contribution >= 4 is 17.4 Å². The van der Waals surface area contributed by atoms with Crippen molar-refractivity contribution in [3.05, 3.63) is 34.6 Å². The number of rotatable bonds is 2. The lowest BCUT2D eigenvalue weighted by Gasteiger charge is -2.21. The van der Waals surface area contributed by atoms with Gasteiger partial charge in [0.2, 0.25) is 0 Å². The molecule has 0 unspecified atom stereocenters. The molecule has 1 saturated heterocycles. The molecule has 16 heavy (non-hydrogen) atoms. The molecule has 0 aromatic heterocycles. The smallest absolute Gasteiger partial charge is 0.167 e. The first-order valence-corrected chi connectivity index (χ1v) is 5.64. The Morgan fingerprint density at radius 1 is 1.38 bits per heavy atom. The fraction of sp³-hybridized carbons (Fsp3) is 0.417. The van der Waals surface area contributed by atoms with Crippen molar-refractivity contribution in [2.75, 3.05) is 13.2 Å². The summed E-state index contributed by atoms with van der Waals surface area (Å²) in [6.07, 6.45) is 1.37. The number of carbonyl (C=O) groups excluding carboxylic acids is 1. The lowest BCUT2D eigenvalue weighted by Crippen LogP contribution is -2.23. The van der Waals surface area contributed by atoms with E-state index in [-0.39, 0.29) is 22.3 Å². The lowest BCUT2D eigenvalue weighted by molar-refractivity contribution is 0.0544. The highest BCUT2D eigenvalue weighted by atomic mass is 35.5. The molecule has 0 amide bonds. The molecule has 0 saturated carbocycles. The molecule has 2 rings (SSSR count). The summed E-state index contributed by atoms with van der Waals surface area (Å²) in [6.45, 7) is 1.17. The van der Waals surface area contributed by atoms with E-state index in [0.717, 1.165) is 0 Å². The Balaban J connectivity index is 2.22. The molecule has 0 radical (unpaired) electrons. The standard InChI is InChI=1S/C12H12ClFO2/c13-11-9(2-1-3-10(11)14)12(15)8-4-6-16-7-5-8/h1-3,8H,4-7H2. The summed E-state index contributed by atoms with van der Waals surface area (Å²) in [5.74, 6) is -0.708. The molecule has 1 aromatic carbocycles. The van der Waals surface area contributed by atoms with Crippen LogP contribution in [0.1, 0.15) is 23.2 Å². The number of ether oxygens (including phenoxy) is 1. The van der Waals surface area contributed by atoms with Crippen molar-refractivity contribution < 1.29 is 13.9 Å². The monoisotopic (exact) mass is 242 g/mol. The van der Waals surface area contributed by atoms with Crippen LogP contribution in [-0.2, 0) is 4.74 Å². The Bertz CT molecular complexity index is 400. The molecule has 1 aromatic rings. The average molecular weight is 243 g/mol. The maximum Gasteiger partial charge on any atom is 0.167 e. The fourth-order valence-corrected chi connectivity index (χ4v) is 2.09. The number of halogens is 2. The van der Waals surface area contributed by atoms with Crippen molar-refractivity contribution in [2.45, 2.75) is 12.8 Å². The second-order valence-corrected chi connectivity index (χ2v) is 4.23. The molecule has 2 nitrogen and oxygen atoms in total. The molecular formula is C12H12ClFO2. The van der Waals surface area contributed by atoms with Gasteiger partial charge in [-0.25, -0.2) is 4.39 Å². The summed E-state index contributed by atoms with van der Waals surface area (Å²) in [5, 5.41) is -0.0704. The van der Waals surface area contributed by atoms with Crippen LogP contribution in [0.15, 0.2) is 18.2 Å². The Morgan fingerprint density at radius 3 is 2.75 bits per heavy atom. The van der Waals surface area contributed by atoms with Gasteiger partial charge in [-0.05, 0) is 25.0 Å². The fourth-order valence-electron chi connectivity index (χ4n) is 1.87. The van der Waals surface area contributed by atoms with E-state index in [9.17, 15) is 9.18 Å². The van der Waals surface area contributed by atoms with Crippen molar-refractivity contribution in [3.63, 3.8) is 0 Å². The highest BCUT2D eigenvalue weighted by Gasteiger charge is 2.25. The van der Waals surface area contributed by atoms with E-state index in [0.29, 0.717) is 26.1 Å². The number of carbonyl (C=O) groups is 1. The normalized spacial score (nSPS) is 17.4. The van der Waals surface area contributed by atoms with Crippen LogP contribution in [0.5, 0.6) is 0 Å². The largest absolute Gasteiger partial charge is 0.381 e. The molecule has 1 aliphatic heterocycles. The van der Waals surface area contributed by atoms with E-state index < -0.39 is 5.82 Å². The molecule has 1 aliphatic rings. The first-order valence-electron chi connectivity index (χ1n) is 5.26. The molecule has 4 heteroatoms. The maximum absolute atomic E-state index is 13.2. The zero-order chi connectivity index (χ0) is 11.5. The van der Waals surface area contributed by atoms with Gasteiger partial charge in [0.05, 0.1) is 5.02 Å².